The summed E-state index contributed by atoms with van der Waals surface area (Å²) in [4.78, 5) is 15.4. The van der Waals surface area contributed by atoms with Crippen LogP contribution in [-0.2, 0) is 10.0 Å². The Morgan fingerprint density at radius 2 is 2.20 bits per heavy atom. The molecule has 0 aliphatic carbocycles. The third-order valence-electron chi connectivity index (χ3n) is 2.05. The first kappa shape index (κ1) is 10.4. The minimum Gasteiger partial charge on any atom is -0.268 e. The Kier molecular flexibility index (Phi) is 2.40. The van der Waals surface area contributed by atoms with Gasteiger partial charge in [-0.3, -0.25) is 4.79 Å². The van der Waals surface area contributed by atoms with Crippen molar-refractivity contribution < 1.29 is 13.2 Å². The molecule has 1 aliphatic heterocycles. The normalized spacial score (nSPS) is 17.9. The second-order valence-corrected chi connectivity index (χ2v) is 5.08. The third-order valence-corrected chi connectivity index (χ3v) is 3.96. The van der Waals surface area contributed by atoms with Gasteiger partial charge in [0.25, 0.3) is 15.9 Å². The van der Waals surface area contributed by atoms with Gasteiger partial charge < -0.3 is 0 Å². The van der Waals surface area contributed by atoms with Crippen LogP contribution in [0.3, 0.4) is 0 Å². The number of hydrogen-bond acceptors (Lipinski definition) is 4. The molecule has 0 spiro atoms. The average Bonchev–Trinajstić information content (AvgIpc) is 2.41. The quantitative estimate of drug-likeness (QED) is 0.712. The second-order valence-electron chi connectivity index (χ2n) is 2.93. The maximum atomic E-state index is 11.8. The number of nitrogens with zero attached hydrogens (tertiary/aromatic N) is 2. The first-order valence-electron chi connectivity index (χ1n) is 4.17. The summed E-state index contributed by atoms with van der Waals surface area (Å²) in [5, 5.41) is -0.180. The molecule has 0 unspecified atom stereocenters. The van der Waals surface area contributed by atoms with Crippen LogP contribution in [0, 0.1) is 0 Å². The van der Waals surface area contributed by atoms with E-state index in [4.69, 9.17) is 11.6 Å². The molecule has 0 fully saturated rings. The first-order chi connectivity index (χ1) is 7.09. The Morgan fingerprint density at radius 3 is 2.80 bits per heavy atom. The summed E-state index contributed by atoms with van der Waals surface area (Å²) in [6.07, 6.45) is 1.34. The van der Waals surface area contributed by atoms with Crippen LogP contribution in [0.25, 0.3) is 0 Å². The lowest BCUT2D eigenvalue weighted by Crippen LogP contribution is -2.31. The number of amides is 1. The van der Waals surface area contributed by atoms with Gasteiger partial charge in [0, 0.05) is 12.1 Å². The highest BCUT2D eigenvalue weighted by Crippen LogP contribution is 2.27. The number of rotatable bonds is 2. The Hall–Kier alpha value is -1.14. The van der Waals surface area contributed by atoms with Crippen molar-refractivity contribution in [3.8, 4) is 0 Å². The van der Waals surface area contributed by atoms with E-state index in [-0.39, 0.29) is 23.0 Å². The Morgan fingerprint density at radius 1 is 1.47 bits per heavy atom. The van der Waals surface area contributed by atoms with Gasteiger partial charge in [0.2, 0.25) is 0 Å². The van der Waals surface area contributed by atoms with Crippen molar-refractivity contribution in [3.63, 3.8) is 0 Å². The van der Waals surface area contributed by atoms with Crippen molar-refractivity contribution in [1.82, 2.24) is 9.29 Å². The van der Waals surface area contributed by atoms with Crippen molar-refractivity contribution in [2.75, 3.05) is 12.4 Å². The summed E-state index contributed by atoms with van der Waals surface area (Å²) < 4.78 is 24.3. The maximum Gasteiger partial charge on any atom is 0.285 e. The lowest BCUT2D eigenvalue weighted by molar-refractivity contribution is 0.0876. The smallest absolute Gasteiger partial charge is 0.268 e. The van der Waals surface area contributed by atoms with Crippen LogP contribution in [0.4, 0.5) is 0 Å². The molecule has 5 nitrogen and oxygen atoms in total. The van der Waals surface area contributed by atoms with E-state index < -0.39 is 15.9 Å². The molecule has 7 heteroatoms. The Bertz CT molecular complexity index is 514. The summed E-state index contributed by atoms with van der Waals surface area (Å²) >= 11 is 5.44. The molecule has 0 atom stereocenters. The number of aromatic nitrogens is 1. The zero-order valence-corrected chi connectivity index (χ0v) is 9.12. The molecule has 1 aromatic heterocycles. The summed E-state index contributed by atoms with van der Waals surface area (Å²) in [5.74, 6) is -0.488. The van der Waals surface area contributed by atoms with E-state index in [0.29, 0.717) is 0 Å². The van der Waals surface area contributed by atoms with Crippen molar-refractivity contribution in [1.29, 1.82) is 0 Å². The third kappa shape index (κ3) is 1.40. The van der Waals surface area contributed by atoms with Gasteiger partial charge >= 0.3 is 0 Å². The Balaban J connectivity index is 2.60. The van der Waals surface area contributed by atoms with Gasteiger partial charge in [0.1, 0.15) is 0 Å². The molecular weight excluding hydrogens is 240 g/mol. The molecule has 2 rings (SSSR count). The highest BCUT2D eigenvalue weighted by atomic mass is 35.5. The highest BCUT2D eigenvalue weighted by molar-refractivity contribution is 7.90. The fourth-order valence-electron chi connectivity index (χ4n) is 1.41. The molecule has 0 bridgehead atoms. The molecule has 1 amide bonds. The number of sulfonamides is 1. The molecule has 1 aliphatic rings. The fraction of sp³-hybridized carbons (Fsp3) is 0.250. The average molecular weight is 247 g/mol. The van der Waals surface area contributed by atoms with Gasteiger partial charge in [-0.25, -0.2) is 9.29 Å². The molecule has 1 aromatic rings. The SMILES string of the molecule is O=C1c2cccnc2S(=O)(=O)N1CCCl. The van der Waals surface area contributed by atoms with Gasteiger partial charge in [-0.15, -0.1) is 11.6 Å². The number of pyridine rings is 1. The van der Waals surface area contributed by atoms with Crippen LogP contribution in [0.5, 0.6) is 0 Å². The number of alkyl halides is 1. The predicted octanol–water partition coefficient (Wildman–Crippen LogP) is 0.465. The molecule has 2 heterocycles. The summed E-state index contributed by atoms with van der Waals surface area (Å²) in [5.41, 5.74) is 0.114. The number of hydrogen-bond donors (Lipinski definition) is 0. The number of halogens is 1. The van der Waals surface area contributed by atoms with Crippen molar-refractivity contribution in [2.24, 2.45) is 0 Å². The van der Waals surface area contributed by atoms with Crippen molar-refractivity contribution in [2.45, 2.75) is 5.03 Å². The first-order valence-corrected chi connectivity index (χ1v) is 6.14. The van der Waals surface area contributed by atoms with Crippen LogP contribution in [-0.4, -0.2) is 36.0 Å². The zero-order valence-electron chi connectivity index (χ0n) is 7.55. The molecule has 0 radical (unpaired) electrons. The van der Waals surface area contributed by atoms with Gasteiger partial charge in [-0.1, -0.05) is 0 Å². The van der Waals surface area contributed by atoms with E-state index in [9.17, 15) is 13.2 Å². The van der Waals surface area contributed by atoms with Crippen LogP contribution >= 0.6 is 11.6 Å². The van der Waals surface area contributed by atoms with E-state index in [1.54, 1.807) is 0 Å². The van der Waals surface area contributed by atoms with Crippen LogP contribution in [0.1, 0.15) is 10.4 Å². The van der Waals surface area contributed by atoms with Gasteiger partial charge in [0.05, 0.1) is 12.1 Å². The Labute approximate surface area is 91.7 Å². The summed E-state index contributed by atoms with van der Waals surface area (Å²) in [7, 11) is -3.77. The molecule has 80 valence electrons. The van der Waals surface area contributed by atoms with E-state index in [1.807, 2.05) is 0 Å². The minimum absolute atomic E-state index is 0.0287. The molecule has 15 heavy (non-hydrogen) atoms. The predicted molar refractivity (Wildman–Crippen MR) is 53.2 cm³/mol. The van der Waals surface area contributed by atoms with Gasteiger partial charge in [-0.2, -0.15) is 8.42 Å². The zero-order chi connectivity index (χ0) is 11.1. The number of fused-ring (bicyclic) bond motifs is 1. The van der Waals surface area contributed by atoms with Crippen LogP contribution < -0.4 is 0 Å². The molecule has 0 saturated heterocycles. The van der Waals surface area contributed by atoms with Gasteiger partial charge in [-0.05, 0) is 12.1 Å². The number of carbonyl (C=O) groups excluding carboxylic acids is 1. The number of carbonyl (C=O) groups is 1. The van der Waals surface area contributed by atoms with E-state index in [2.05, 4.69) is 4.98 Å². The maximum absolute atomic E-state index is 11.8. The molecular formula is C8H7ClN2O3S. The highest BCUT2D eigenvalue weighted by Gasteiger charge is 2.41. The monoisotopic (exact) mass is 246 g/mol. The van der Waals surface area contributed by atoms with E-state index in [1.165, 1.54) is 18.3 Å². The summed E-state index contributed by atoms with van der Waals surface area (Å²) in [6, 6.07) is 2.97. The topological polar surface area (TPSA) is 67.3 Å². The fourth-order valence-corrected chi connectivity index (χ4v) is 3.16. The van der Waals surface area contributed by atoms with Crippen molar-refractivity contribution in [3.05, 3.63) is 23.9 Å². The van der Waals surface area contributed by atoms with Crippen molar-refractivity contribution >= 4 is 27.5 Å². The van der Waals surface area contributed by atoms with Crippen LogP contribution in [0.2, 0.25) is 0 Å². The minimum atomic E-state index is -3.77. The lowest BCUT2D eigenvalue weighted by Gasteiger charge is -2.11. The molecule has 0 aromatic carbocycles. The van der Waals surface area contributed by atoms with Crippen LogP contribution in [0.15, 0.2) is 23.4 Å². The van der Waals surface area contributed by atoms with E-state index >= 15 is 0 Å². The largest absolute Gasteiger partial charge is 0.285 e. The summed E-state index contributed by atoms with van der Waals surface area (Å²) in [6.45, 7) is -0.0287. The molecule has 0 N–H and O–H groups in total. The standard InChI is InChI=1S/C8H7ClN2O3S/c9-3-5-11-8(12)6-2-1-4-10-7(6)15(11,13)14/h1-2,4H,3,5H2. The lowest BCUT2D eigenvalue weighted by atomic mass is 10.3. The van der Waals surface area contributed by atoms with E-state index in [0.717, 1.165) is 4.31 Å². The second kappa shape index (κ2) is 3.46. The van der Waals surface area contributed by atoms with Gasteiger partial charge in [0.15, 0.2) is 5.03 Å². The molecule has 0 saturated carbocycles.